The van der Waals surface area contributed by atoms with Gasteiger partial charge in [0.05, 0.1) is 11.3 Å². The Morgan fingerprint density at radius 1 is 1.07 bits per heavy atom. The quantitative estimate of drug-likeness (QED) is 0.588. The first-order chi connectivity index (χ1) is 14.2. The lowest BCUT2D eigenvalue weighted by Gasteiger charge is -2.15. The monoisotopic (exact) mass is 416 g/mol. The lowest BCUT2D eigenvalue weighted by Crippen LogP contribution is -2.21. The molecule has 3 aromatic rings. The van der Waals surface area contributed by atoms with E-state index in [9.17, 15) is 13.2 Å². The van der Waals surface area contributed by atoms with Gasteiger partial charge in [0.25, 0.3) is 0 Å². The molecule has 2 aromatic heterocycles. The Labute approximate surface area is 173 Å². The fourth-order valence-corrected chi connectivity index (χ4v) is 2.80. The van der Waals surface area contributed by atoms with Crippen LogP contribution in [0.1, 0.15) is 11.1 Å². The average molecular weight is 416 g/mol. The van der Waals surface area contributed by atoms with Crippen LogP contribution in [0.3, 0.4) is 0 Å². The Bertz CT molecular complexity index is 990. The molecular formula is C21H23F3N6. The van der Waals surface area contributed by atoms with Crippen molar-refractivity contribution in [2.45, 2.75) is 13.1 Å². The molecule has 2 N–H and O–H groups in total. The van der Waals surface area contributed by atoms with Gasteiger partial charge in [0.15, 0.2) is 0 Å². The van der Waals surface area contributed by atoms with Gasteiger partial charge in [0, 0.05) is 42.8 Å². The minimum atomic E-state index is -4.42. The number of aromatic nitrogens is 3. The van der Waals surface area contributed by atoms with E-state index in [-0.39, 0.29) is 5.56 Å². The summed E-state index contributed by atoms with van der Waals surface area (Å²) in [4.78, 5) is 15.0. The van der Waals surface area contributed by atoms with Crippen LogP contribution in [0.2, 0.25) is 0 Å². The van der Waals surface area contributed by atoms with Crippen molar-refractivity contribution in [3.8, 4) is 11.3 Å². The average Bonchev–Trinajstić information content (AvgIpc) is 2.69. The number of aryl methyl sites for hydroxylation is 1. The highest BCUT2D eigenvalue weighted by atomic mass is 19.4. The smallest absolute Gasteiger partial charge is 0.353 e. The summed E-state index contributed by atoms with van der Waals surface area (Å²) in [5, 5.41) is 6.12. The first-order valence-corrected chi connectivity index (χ1v) is 9.35. The Morgan fingerprint density at radius 2 is 1.87 bits per heavy atom. The molecule has 2 heterocycles. The number of nitrogens with one attached hydrogen (secondary N) is 2. The number of benzene rings is 1. The Morgan fingerprint density at radius 3 is 2.53 bits per heavy atom. The SMILES string of the molecule is Cc1ccc(Nc2cc(-c3cccnc3)nc(NCCN(C)C)n2)cc1C(F)(F)F. The predicted octanol–water partition coefficient (Wildman–Crippen LogP) is 4.58. The van der Waals surface area contributed by atoms with Gasteiger partial charge in [-0.3, -0.25) is 4.98 Å². The highest BCUT2D eigenvalue weighted by Crippen LogP contribution is 2.34. The second kappa shape index (κ2) is 9.08. The molecule has 0 aliphatic rings. The molecule has 0 atom stereocenters. The number of alkyl halides is 3. The maximum Gasteiger partial charge on any atom is 0.416 e. The zero-order valence-electron chi connectivity index (χ0n) is 17.0. The van der Waals surface area contributed by atoms with Crippen molar-refractivity contribution >= 4 is 17.5 Å². The fraction of sp³-hybridized carbons (Fsp3) is 0.286. The summed E-state index contributed by atoms with van der Waals surface area (Å²) in [6.45, 7) is 2.83. The van der Waals surface area contributed by atoms with E-state index in [1.54, 1.807) is 30.6 Å². The first kappa shape index (κ1) is 21.5. The lowest BCUT2D eigenvalue weighted by molar-refractivity contribution is -0.138. The molecule has 30 heavy (non-hydrogen) atoms. The van der Waals surface area contributed by atoms with E-state index in [0.29, 0.717) is 29.7 Å². The lowest BCUT2D eigenvalue weighted by atomic mass is 10.1. The van der Waals surface area contributed by atoms with Crippen molar-refractivity contribution in [2.75, 3.05) is 37.8 Å². The maximum absolute atomic E-state index is 13.2. The summed E-state index contributed by atoms with van der Waals surface area (Å²) < 4.78 is 39.7. The topological polar surface area (TPSA) is 66.0 Å². The van der Waals surface area contributed by atoms with E-state index < -0.39 is 11.7 Å². The van der Waals surface area contributed by atoms with Crippen LogP contribution in [0.4, 0.5) is 30.6 Å². The molecule has 0 unspecified atom stereocenters. The minimum Gasteiger partial charge on any atom is -0.353 e. The van der Waals surface area contributed by atoms with E-state index in [1.165, 1.54) is 13.0 Å². The standard InChI is InChI=1S/C21H23F3N6/c1-14-6-7-16(11-17(14)21(22,23)24)27-19-12-18(15-5-4-8-25-13-15)28-20(29-19)26-9-10-30(2)3/h4-8,11-13H,9-10H2,1-3H3,(H2,26,27,28,29). The number of hydrogen-bond donors (Lipinski definition) is 2. The number of likely N-dealkylation sites (N-methyl/N-ethyl adjacent to an activating group) is 1. The highest BCUT2D eigenvalue weighted by Gasteiger charge is 2.32. The molecule has 0 bridgehead atoms. The molecule has 0 spiro atoms. The molecule has 0 amide bonds. The number of hydrogen-bond acceptors (Lipinski definition) is 6. The van der Waals surface area contributed by atoms with Gasteiger partial charge in [-0.1, -0.05) is 6.07 Å². The summed E-state index contributed by atoms with van der Waals surface area (Å²) in [5.74, 6) is 0.761. The van der Waals surface area contributed by atoms with Crippen LogP contribution in [-0.4, -0.2) is 47.0 Å². The number of nitrogens with zero attached hydrogens (tertiary/aromatic N) is 4. The van der Waals surface area contributed by atoms with Crippen molar-refractivity contribution < 1.29 is 13.2 Å². The summed E-state index contributed by atoms with van der Waals surface area (Å²) in [7, 11) is 3.91. The van der Waals surface area contributed by atoms with Crippen LogP contribution >= 0.6 is 0 Å². The molecule has 6 nitrogen and oxygen atoms in total. The summed E-state index contributed by atoms with van der Waals surface area (Å²) >= 11 is 0. The molecule has 0 fully saturated rings. The van der Waals surface area contributed by atoms with Crippen LogP contribution in [0.15, 0.2) is 48.8 Å². The van der Waals surface area contributed by atoms with Gasteiger partial charge in [0.1, 0.15) is 5.82 Å². The van der Waals surface area contributed by atoms with Crippen molar-refractivity contribution in [3.63, 3.8) is 0 Å². The van der Waals surface area contributed by atoms with Gasteiger partial charge in [-0.2, -0.15) is 18.2 Å². The Balaban J connectivity index is 1.93. The number of pyridine rings is 1. The van der Waals surface area contributed by atoms with Gasteiger partial charge in [0.2, 0.25) is 5.95 Å². The molecule has 3 rings (SSSR count). The third kappa shape index (κ3) is 5.66. The number of halogens is 3. The molecule has 0 aliphatic heterocycles. The van der Waals surface area contributed by atoms with Crippen molar-refractivity contribution in [2.24, 2.45) is 0 Å². The molecule has 0 radical (unpaired) electrons. The van der Waals surface area contributed by atoms with Gasteiger partial charge in [-0.15, -0.1) is 0 Å². The van der Waals surface area contributed by atoms with Gasteiger partial charge >= 0.3 is 6.18 Å². The maximum atomic E-state index is 13.2. The third-order valence-corrected chi connectivity index (χ3v) is 4.34. The Hall–Kier alpha value is -3.20. The van der Waals surface area contributed by atoms with Crippen LogP contribution in [0.5, 0.6) is 0 Å². The van der Waals surface area contributed by atoms with E-state index >= 15 is 0 Å². The zero-order valence-corrected chi connectivity index (χ0v) is 17.0. The van der Waals surface area contributed by atoms with Crippen molar-refractivity contribution in [3.05, 3.63) is 59.9 Å². The van der Waals surface area contributed by atoms with Crippen LogP contribution in [0, 0.1) is 6.92 Å². The zero-order chi connectivity index (χ0) is 21.7. The predicted molar refractivity (Wildman–Crippen MR) is 112 cm³/mol. The van der Waals surface area contributed by atoms with E-state index in [4.69, 9.17) is 0 Å². The van der Waals surface area contributed by atoms with Gasteiger partial charge in [-0.05, 0) is 50.8 Å². The number of anilines is 3. The van der Waals surface area contributed by atoms with Crippen molar-refractivity contribution in [1.82, 2.24) is 19.9 Å². The molecule has 0 saturated carbocycles. The largest absolute Gasteiger partial charge is 0.416 e. The fourth-order valence-electron chi connectivity index (χ4n) is 2.80. The molecular weight excluding hydrogens is 393 g/mol. The minimum absolute atomic E-state index is 0.165. The number of rotatable bonds is 7. The third-order valence-electron chi connectivity index (χ3n) is 4.34. The van der Waals surface area contributed by atoms with E-state index in [2.05, 4.69) is 25.6 Å². The van der Waals surface area contributed by atoms with Gasteiger partial charge < -0.3 is 15.5 Å². The molecule has 0 saturated heterocycles. The van der Waals surface area contributed by atoms with Crippen LogP contribution in [-0.2, 0) is 6.18 Å². The van der Waals surface area contributed by atoms with Crippen LogP contribution in [0.25, 0.3) is 11.3 Å². The highest BCUT2D eigenvalue weighted by molar-refractivity contribution is 5.67. The normalized spacial score (nSPS) is 11.6. The molecule has 9 heteroatoms. The molecule has 1 aromatic carbocycles. The second-order valence-corrected chi connectivity index (χ2v) is 7.09. The molecule has 0 aliphatic carbocycles. The van der Waals surface area contributed by atoms with Crippen molar-refractivity contribution in [1.29, 1.82) is 0 Å². The van der Waals surface area contributed by atoms with Crippen LogP contribution < -0.4 is 10.6 Å². The summed E-state index contributed by atoms with van der Waals surface area (Å²) in [5.41, 5.74) is 1.16. The van der Waals surface area contributed by atoms with E-state index in [1.807, 2.05) is 25.1 Å². The summed E-state index contributed by atoms with van der Waals surface area (Å²) in [6, 6.07) is 9.44. The Kier molecular flexibility index (Phi) is 6.51. The molecule has 158 valence electrons. The summed E-state index contributed by atoms with van der Waals surface area (Å²) in [6.07, 6.45) is -1.10. The second-order valence-electron chi connectivity index (χ2n) is 7.09. The van der Waals surface area contributed by atoms with E-state index in [0.717, 1.165) is 18.2 Å². The first-order valence-electron chi connectivity index (χ1n) is 9.35. The van der Waals surface area contributed by atoms with Gasteiger partial charge in [-0.25, -0.2) is 4.98 Å².